The fourth-order valence-electron chi connectivity index (χ4n) is 1.77. The predicted molar refractivity (Wildman–Crippen MR) is 63.4 cm³/mol. The molecule has 0 saturated carbocycles. The smallest absolute Gasteiger partial charge is 0.269 e. The van der Waals surface area contributed by atoms with E-state index in [1.54, 1.807) is 24.6 Å². The summed E-state index contributed by atoms with van der Waals surface area (Å²) >= 11 is 0. The Kier molecular flexibility index (Phi) is 3.07. The monoisotopic (exact) mass is 248 g/mol. The average Bonchev–Trinajstić information content (AvgIpc) is 2.67. The molecule has 0 radical (unpaired) electrons. The molecule has 1 aromatic carbocycles. The summed E-state index contributed by atoms with van der Waals surface area (Å²) in [6.07, 6.45) is 0. The maximum absolute atomic E-state index is 10.7. The van der Waals surface area contributed by atoms with Crippen LogP contribution in [0, 0.1) is 24.0 Å². The first-order chi connectivity index (χ1) is 8.52. The van der Waals surface area contributed by atoms with Crippen LogP contribution in [0.3, 0.4) is 0 Å². The van der Waals surface area contributed by atoms with Gasteiger partial charge in [0.15, 0.2) is 0 Å². The SMILES string of the molecule is Cc1nc(C)n(-c2ccc([N+](=O)[O-])cc2CO)n1. The zero-order valence-corrected chi connectivity index (χ0v) is 9.99. The highest BCUT2D eigenvalue weighted by molar-refractivity contribution is 5.48. The van der Waals surface area contributed by atoms with E-state index >= 15 is 0 Å². The van der Waals surface area contributed by atoms with Crippen LogP contribution in [0.25, 0.3) is 5.69 Å². The molecule has 1 heterocycles. The normalized spacial score (nSPS) is 10.6. The van der Waals surface area contributed by atoms with Crippen molar-refractivity contribution in [1.29, 1.82) is 0 Å². The molecule has 0 fully saturated rings. The van der Waals surface area contributed by atoms with E-state index in [0.717, 1.165) is 0 Å². The van der Waals surface area contributed by atoms with E-state index in [0.29, 0.717) is 22.9 Å². The van der Waals surface area contributed by atoms with Crippen molar-refractivity contribution in [2.45, 2.75) is 20.5 Å². The Morgan fingerprint density at radius 3 is 2.67 bits per heavy atom. The Bertz CT molecular complexity index is 606. The predicted octanol–water partition coefficient (Wildman–Crippen LogP) is 1.28. The number of aromatic nitrogens is 3. The van der Waals surface area contributed by atoms with Crippen LogP contribution in [0.15, 0.2) is 18.2 Å². The van der Waals surface area contributed by atoms with E-state index in [4.69, 9.17) is 0 Å². The van der Waals surface area contributed by atoms with Gasteiger partial charge in [-0.3, -0.25) is 10.1 Å². The minimum absolute atomic E-state index is 0.0581. The quantitative estimate of drug-likeness (QED) is 0.652. The number of non-ortho nitro benzene ring substituents is 1. The van der Waals surface area contributed by atoms with Crippen LogP contribution in [0.1, 0.15) is 17.2 Å². The molecule has 7 heteroatoms. The molecule has 0 atom stereocenters. The molecule has 0 aliphatic heterocycles. The molecular weight excluding hydrogens is 236 g/mol. The van der Waals surface area contributed by atoms with Crippen LogP contribution >= 0.6 is 0 Å². The molecule has 0 saturated heterocycles. The van der Waals surface area contributed by atoms with Gasteiger partial charge in [-0.1, -0.05) is 0 Å². The van der Waals surface area contributed by atoms with Crippen LogP contribution in [0.5, 0.6) is 0 Å². The lowest BCUT2D eigenvalue weighted by molar-refractivity contribution is -0.384. The summed E-state index contributed by atoms with van der Waals surface area (Å²) in [6, 6.07) is 4.28. The third kappa shape index (κ3) is 2.07. The molecule has 1 aromatic heterocycles. The van der Waals surface area contributed by atoms with Gasteiger partial charge in [-0.25, -0.2) is 9.67 Å². The first-order valence-corrected chi connectivity index (χ1v) is 5.31. The molecule has 0 aliphatic rings. The topological polar surface area (TPSA) is 94.1 Å². The summed E-state index contributed by atoms with van der Waals surface area (Å²) in [6.45, 7) is 3.24. The molecular formula is C11H12N4O3. The lowest BCUT2D eigenvalue weighted by Gasteiger charge is -2.08. The van der Waals surface area contributed by atoms with Crippen molar-refractivity contribution in [2.24, 2.45) is 0 Å². The Balaban J connectivity index is 2.58. The third-order valence-electron chi connectivity index (χ3n) is 2.55. The van der Waals surface area contributed by atoms with E-state index in [1.807, 2.05) is 0 Å². The van der Waals surface area contributed by atoms with Crippen molar-refractivity contribution in [3.63, 3.8) is 0 Å². The number of aliphatic hydroxyl groups excluding tert-OH is 1. The molecule has 94 valence electrons. The summed E-state index contributed by atoms with van der Waals surface area (Å²) < 4.78 is 1.56. The summed E-state index contributed by atoms with van der Waals surface area (Å²) in [5.74, 6) is 1.27. The van der Waals surface area contributed by atoms with Crippen molar-refractivity contribution in [3.8, 4) is 5.69 Å². The van der Waals surface area contributed by atoms with Gasteiger partial charge >= 0.3 is 0 Å². The maximum Gasteiger partial charge on any atom is 0.269 e. The minimum Gasteiger partial charge on any atom is -0.392 e. The standard InChI is InChI=1S/C11H12N4O3/c1-7-12-8(2)14(13-7)11-4-3-10(15(17)18)5-9(11)6-16/h3-5,16H,6H2,1-2H3. The van der Waals surface area contributed by atoms with Gasteiger partial charge in [0.05, 0.1) is 17.2 Å². The molecule has 7 nitrogen and oxygen atoms in total. The second-order valence-electron chi connectivity index (χ2n) is 3.85. The van der Waals surface area contributed by atoms with Crippen molar-refractivity contribution < 1.29 is 10.0 Å². The number of aryl methyl sites for hydroxylation is 2. The molecule has 0 amide bonds. The Morgan fingerprint density at radius 1 is 1.44 bits per heavy atom. The van der Waals surface area contributed by atoms with E-state index < -0.39 is 4.92 Å². The van der Waals surface area contributed by atoms with Gasteiger partial charge in [0.1, 0.15) is 11.6 Å². The van der Waals surface area contributed by atoms with Crippen molar-refractivity contribution >= 4 is 5.69 Å². The van der Waals surface area contributed by atoms with Gasteiger partial charge in [-0.15, -0.1) is 0 Å². The molecule has 2 aromatic rings. The van der Waals surface area contributed by atoms with Crippen LogP contribution in [-0.2, 0) is 6.61 Å². The second-order valence-corrected chi connectivity index (χ2v) is 3.85. The Hall–Kier alpha value is -2.28. The van der Waals surface area contributed by atoms with Gasteiger partial charge in [-0.2, -0.15) is 5.10 Å². The van der Waals surface area contributed by atoms with Gasteiger partial charge < -0.3 is 5.11 Å². The van der Waals surface area contributed by atoms with Crippen LogP contribution < -0.4 is 0 Å². The van der Waals surface area contributed by atoms with Crippen molar-refractivity contribution in [2.75, 3.05) is 0 Å². The van der Waals surface area contributed by atoms with E-state index in [1.165, 1.54) is 12.1 Å². The fourth-order valence-corrected chi connectivity index (χ4v) is 1.77. The average molecular weight is 248 g/mol. The number of benzene rings is 1. The highest BCUT2D eigenvalue weighted by Crippen LogP contribution is 2.21. The number of nitro groups is 1. The number of hydrogen-bond donors (Lipinski definition) is 1. The van der Waals surface area contributed by atoms with Crippen LogP contribution in [0.2, 0.25) is 0 Å². The molecule has 18 heavy (non-hydrogen) atoms. The van der Waals surface area contributed by atoms with Gasteiger partial charge in [0.2, 0.25) is 0 Å². The fraction of sp³-hybridized carbons (Fsp3) is 0.273. The second kappa shape index (κ2) is 4.53. The molecule has 1 N–H and O–H groups in total. The lowest BCUT2D eigenvalue weighted by Crippen LogP contribution is -2.04. The Morgan fingerprint density at radius 2 is 2.17 bits per heavy atom. The van der Waals surface area contributed by atoms with Crippen LogP contribution in [-0.4, -0.2) is 24.8 Å². The highest BCUT2D eigenvalue weighted by Gasteiger charge is 2.14. The maximum atomic E-state index is 10.7. The van der Waals surface area contributed by atoms with E-state index in [-0.39, 0.29) is 12.3 Å². The molecule has 0 aliphatic carbocycles. The van der Waals surface area contributed by atoms with Gasteiger partial charge in [-0.05, 0) is 19.9 Å². The lowest BCUT2D eigenvalue weighted by atomic mass is 10.1. The first kappa shape index (κ1) is 12.2. The zero-order chi connectivity index (χ0) is 13.3. The largest absolute Gasteiger partial charge is 0.392 e. The molecule has 2 rings (SSSR count). The summed E-state index contributed by atoms with van der Waals surface area (Å²) in [4.78, 5) is 14.3. The number of nitro benzene ring substituents is 1. The van der Waals surface area contributed by atoms with Crippen molar-refractivity contribution in [1.82, 2.24) is 14.8 Å². The zero-order valence-electron chi connectivity index (χ0n) is 9.99. The number of nitrogens with zero attached hydrogens (tertiary/aromatic N) is 4. The summed E-state index contributed by atoms with van der Waals surface area (Å²) in [5.41, 5.74) is 0.982. The Labute approximate surface area is 103 Å². The summed E-state index contributed by atoms with van der Waals surface area (Å²) in [7, 11) is 0. The van der Waals surface area contributed by atoms with Gasteiger partial charge in [0, 0.05) is 17.7 Å². The highest BCUT2D eigenvalue weighted by atomic mass is 16.6. The summed E-state index contributed by atoms with van der Waals surface area (Å²) in [5, 5.41) is 24.2. The third-order valence-corrected chi connectivity index (χ3v) is 2.55. The number of hydrogen-bond acceptors (Lipinski definition) is 5. The van der Waals surface area contributed by atoms with Gasteiger partial charge in [0.25, 0.3) is 5.69 Å². The van der Waals surface area contributed by atoms with E-state index in [9.17, 15) is 15.2 Å². The van der Waals surface area contributed by atoms with Crippen molar-refractivity contribution in [3.05, 3.63) is 45.5 Å². The molecule has 0 bridgehead atoms. The first-order valence-electron chi connectivity index (χ1n) is 5.31. The number of aliphatic hydroxyl groups is 1. The van der Waals surface area contributed by atoms with E-state index in [2.05, 4.69) is 10.1 Å². The minimum atomic E-state index is -0.498. The molecule has 0 unspecified atom stereocenters. The molecule has 0 spiro atoms. The van der Waals surface area contributed by atoms with Crippen LogP contribution in [0.4, 0.5) is 5.69 Å². The number of rotatable bonds is 3.